The minimum atomic E-state index is -5.87. The number of ketones is 1. The van der Waals surface area contributed by atoms with Gasteiger partial charge in [-0.25, -0.2) is 4.39 Å². The highest BCUT2D eigenvalue weighted by atomic mass is 32.2. The highest BCUT2D eigenvalue weighted by Gasteiger charge is 2.48. The van der Waals surface area contributed by atoms with Gasteiger partial charge in [0, 0.05) is 5.56 Å². The summed E-state index contributed by atoms with van der Waals surface area (Å²) in [7, 11) is -5.87. The lowest BCUT2D eigenvalue weighted by molar-refractivity contribution is -0.0500. The van der Waals surface area contributed by atoms with Crippen molar-refractivity contribution in [2.75, 3.05) is 0 Å². The molecule has 2 aromatic rings. The predicted molar refractivity (Wildman–Crippen MR) is 76.6 cm³/mol. The van der Waals surface area contributed by atoms with E-state index in [2.05, 4.69) is 4.18 Å². The SMILES string of the molecule is Cc1ccc(C(=O)c2ccccc2F)cc1OS(=O)(=O)C(F)(F)F. The van der Waals surface area contributed by atoms with Crippen molar-refractivity contribution in [1.82, 2.24) is 0 Å². The zero-order chi connectivity index (χ0) is 18.1. The Morgan fingerprint density at radius 3 is 2.29 bits per heavy atom. The standard InChI is InChI=1S/C15H10F4O4S/c1-9-6-7-10(14(20)11-4-2-3-5-12(11)16)8-13(9)23-24(21,22)15(17,18)19/h2-8H,1H3. The van der Waals surface area contributed by atoms with Crippen molar-refractivity contribution in [2.24, 2.45) is 0 Å². The fraction of sp³-hybridized carbons (Fsp3) is 0.133. The monoisotopic (exact) mass is 362 g/mol. The topological polar surface area (TPSA) is 60.4 Å². The van der Waals surface area contributed by atoms with Crippen LogP contribution in [0, 0.1) is 12.7 Å². The predicted octanol–water partition coefficient (Wildman–Crippen LogP) is 3.59. The molecule has 0 spiro atoms. The Balaban J connectivity index is 2.43. The third-order valence-corrected chi connectivity index (χ3v) is 4.02. The van der Waals surface area contributed by atoms with Crippen LogP contribution in [0.5, 0.6) is 5.75 Å². The van der Waals surface area contributed by atoms with E-state index in [1.165, 1.54) is 37.3 Å². The number of hydrogen-bond donors (Lipinski definition) is 0. The summed E-state index contributed by atoms with van der Waals surface area (Å²) in [5, 5.41) is 0. The maximum absolute atomic E-state index is 13.6. The molecular weight excluding hydrogens is 352 g/mol. The van der Waals surface area contributed by atoms with E-state index in [-0.39, 0.29) is 16.7 Å². The second-order valence-electron chi connectivity index (χ2n) is 4.77. The summed E-state index contributed by atoms with van der Waals surface area (Å²) in [6.45, 7) is 1.30. The number of rotatable bonds is 4. The highest BCUT2D eigenvalue weighted by molar-refractivity contribution is 7.88. The lowest BCUT2D eigenvalue weighted by Gasteiger charge is -2.12. The normalized spacial score (nSPS) is 12.0. The van der Waals surface area contributed by atoms with Crippen molar-refractivity contribution in [3.63, 3.8) is 0 Å². The van der Waals surface area contributed by atoms with Crippen LogP contribution in [-0.4, -0.2) is 19.7 Å². The van der Waals surface area contributed by atoms with E-state index in [0.717, 1.165) is 12.1 Å². The molecule has 4 nitrogen and oxygen atoms in total. The first-order chi connectivity index (χ1) is 11.0. The summed E-state index contributed by atoms with van der Waals surface area (Å²) < 4.78 is 77.1. The fourth-order valence-electron chi connectivity index (χ4n) is 1.80. The number of hydrogen-bond acceptors (Lipinski definition) is 4. The molecule has 0 saturated carbocycles. The van der Waals surface area contributed by atoms with E-state index < -0.39 is 33.0 Å². The lowest BCUT2D eigenvalue weighted by Crippen LogP contribution is -2.28. The number of carbonyl (C=O) groups is 1. The van der Waals surface area contributed by atoms with Crippen LogP contribution in [0.3, 0.4) is 0 Å². The van der Waals surface area contributed by atoms with Gasteiger partial charge >= 0.3 is 15.6 Å². The molecule has 0 saturated heterocycles. The number of alkyl halides is 3. The lowest BCUT2D eigenvalue weighted by atomic mass is 10.0. The molecule has 9 heteroatoms. The Kier molecular flexibility index (Phi) is 4.66. The first kappa shape index (κ1) is 17.9. The van der Waals surface area contributed by atoms with Crippen LogP contribution in [0.25, 0.3) is 0 Å². The molecule has 0 heterocycles. The summed E-state index contributed by atoms with van der Waals surface area (Å²) in [5.41, 5.74) is -6.05. The molecule has 0 amide bonds. The maximum Gasteiger partial charge on any atom is 0.534 e. The second kappa shape index (κ2) is 6.23. The van der Waals surface area contributed by atoms with Crippen molar-refractivity contribution >= 4 is 15.9 Å². The number of benzene rings is 2. The minimum Gasteiger partial charge on any atom is -0.376 e. The van der Waals surface area contributed by atoms with Crippen molar-refractivity contribution in [1.29, 1.82) is 0 Å². The van der Waals surface area contributed by atoms with Crippen LogP contribution in [0.15, 0.2) is 42.5 Å². The summed E-state index contributed by atoms with van der Waals surface area (Å²) in [5.74, 6) is -2.29. The molecule has 0 bridgehead atoms. The Hall–Kier alpha value is -2.42. The van der Waals surface area contributed by atoms with Crippen molar-refractivity contribution < 1.29 is 35.0 Å². The van der Waals surface area contributed by atoms with E-state index in [1.54, 1.807) is 0 Å². The van der Waals surface area contributed by atoms with Crippen LogP contribution < -0.4 is 4.18 Å². The van der Waals surface area contributed by atoms with E-state index in [9.17, 15) is 30.8 Å². The molecule has 0 unspecified atom stereocenters. The largest absolute Gasteiger partial charge is 0.534 e. The van der Waals surface area contributed by atoms with Crippen LogP contribution in [-0.2, 0) is 10.1 Å². The van der Waals surface area contributed by atoms with Crippen LogP contribution >= 0.6 is 0 Å². The fourth-order valence-corrected chi connectivity index (χ4v) is 2.31. The van der Waals surface area contributed by atoms with Crippen LogP contribution in [0.4, 0.5) is 17.6 Å². The Morgan fingerprint density at radius 2 is 1.71 bits per heavy atom. The zero-order valence-corrected chi connectivity index (χ0v) is 12.9. The van der Waals surface area contributed by atoms with Gasteiger partial charge in [-0.1, -0.05) is 24.3 Å². The summed E-state index contributed by atoms with van der Waals surface area (Å²) in [6, 6.07) is 8.29. The van der Waals surface area contributed by atoms with Crippen LogP contribution in [0.1, 0.15) is 21.5 Å². The average Bonchev–Trinajstić information content (AvgIpc) is 2.48. The first-order valence-electron chi connectivity index (χ1n) is 6.43. The van der Waals surface area contributed by atoms with Gasteiger partial charge < -0.3 is 4.18 Å². The zero-order valence-electron chi connectivity index (χ0n) is 12.1. The van der Waals surface area contributed by atoms with Crippen molar-refractivity contribution in [3.8, 4) is 5.75 Å². The van der Waals surface area contributed by atoms with Gasteiger partial charge in [-0.05, 0) is 30.7 Å². The maximum atomic E-state index is 13.6. The van der Waals surface area contributed by atoms with E-state index in [1.807, 2.05) is 0 Å². The number of carbonyl (C=O) groups excluding carboxylic acids is 1. The van der Waals surface area contributed by atoms with Gasteiger partial charge in [0.1, 0.15) is 11.6 Å². The minimum absolute atomic E-state index is 0.0629. The summed E-state index contributed by atoms with van der Waals surface area (Å²) in [6.07, 6.45) is 0. The molecule has 0 aromatic heterocycles. The Labute approximate surface area is 134 Å². The molecule has 24 heavy (non-hydrogen) atoms. The number of aryl methyl sites for hydroxylation is 1. The van der Waals surface area contributed by atoms with Crippen molar-refractivity contribution in [2.45, 2.75) is 12.4 Å². The Morgan fingerprint density at radius 1 is 1.08 bits per heavy atom. The summed E-state index contributed by atoms with van der Waals surface area (Å²) in [4.78, 5) is 12.2. The first-order valence-corrected chi connectivity index (χ1v) is 7.84. The third kappa shape index (κ3) is 3.56. The van der Waals surface area contributed by atoms with Crippen molar-refractivity contribution in [3.05, 3.63) is 65.0 Å². The molecule has 2 aromatic carbocycles. The van der Waals surface area contributed by atoms with E-state index in [0.29, 0.717) is 0 Å². The van der Waals surface area contributed by atoms with E-state index >= 15 is 0 Å². The molecule has 0 radical (unpaired) electrons. The van der Waals surface area contributed by atoms with E-state index in [4.69, 9.17) is 0 Å². The summed E-state index contributed by atoms with van der Waals surface area (Å²) >= 11 is 0. The Bertz CT molecular complexity index is 889. The average molecular weight is 362 g/mol. The van der Waals surface area contributed by atoms with Gasteiger partial charge in [0.05, 0.1) is 5.56 Å². The molecule has 0 atom stereocenters. The van der Waals surface area contributed by atoms with Crippen LogP contribution in [0.2, 0.25) is 0 Å². The molecule has 0 aliphatic rings. The molecule has 0 N–H and O–H groups in total. The molecule has 2 rings (SSSR count). The molecule has 128 valence electrons. The van der Waals surface area contributed by atoms with Gasteiger partial charge in [0.2, 0.25) is 0 Å². The van der Waals surface area contributed by atoms with Gasteiger partial charge in [-0.3, -0.25) is 4.79 Å². The molecule has 0 aliphatic carbocycles. The van der Waals surface area contributed by atoms with Gasteiger partial charge in [0.15, 0.2) is 5.78 Å². The van der Waals surface area contributed by atoms with Gasteiger partial charge in [-0.2, -0.15) is 21.6 Å². The molecule has 0 fully saturated rings. The second-order valence-corrected chi connectivity index (χ2v) is 6.31. The molecule has 0 aliphatic heterocycles. The quantitative estimate of drug-likeness (QED) is 0.361. The van der Waals surface area contributed by atoms with Gasteiger partial charge in [0.25, 0.3) is 0 Å². The van der Waals surface area contributed by atoms with Gasteiger partial charge in [-0.15, -0.1) is 0 Å². The number of halogens is 4. The smallest absolute Gasteiger partial charge is 0.376 e. The highest BCUT2D eigenvalue weighted by Crippen LogP contribution is 2.30. The third-order valence-electron chi connectivity index (χ3n) is 3.05. The molecular formula is C15H10F4O4S.